The highest BCUT2D eigenvalue weighted by atomic mass is 35.5. The summed E-state index contributed by atoms with van der Waals surface area (Å²) in [6.07, 6.45) is 2.17. The molecule has 106 valence electrons. The Morgan fingerprint density at radius 2 is 2.16 bits per heavy atom. The van der Waals surface area contributed by atoms with Gasteiger partial charge in [-0.15, -0.1) is 0 Å². The molecule has 3 nitrogen and oxygen atoms in total. The van der Waals surface area contributed by atoms with Crippen LogP contribution in [0.5, 0.6) is 5.75 Å². The number of halogens is 1. The molecule has 0 aliphatic carbocycles. The van der Waals surface area contributed by atoms with Crippen molar-refractivity contribution >= 4 is 11.6 Å². The molecule has 0 amide bonds. The highest BCUT2D eigenvalue weighted by Crippen LogP contribution is 2.40. The van der Waals surface area contributed by atoms with E-state index in [1.807, 2.05) is 18.2 Å². The topological polar surface area (TPSA) is 38.5 Å². The molecule has 2 atom stereocenters. The van der Waals surface area contributed by atoms with Crippen LogP contribution >= 0.6 is 11.6 Å². The van der Waals surface area contributed by atoms with Gasteiger partial charge in [-0.2, -0.15) is 0 Å². The van der Waals surface area contributed by atoms with Crippen LogP contribution in [-0.2, 0) is 0 Å². The van der Waals surface area contributed by atoms with Crippen LogP contribution in [0.4, 0.5) is 0 Å². The Hall–Kier alpha value is -0.770. The van der Waals surface area contributed by atoms with Crippen LogP contribution < -0.4 is 10.5 Å². The lowest BCUT2D eigenvalue weighted by molar-refractivity contribution is 0.0929. The first-order chi connectivity index (χ1) is 9.06. The predicted octanol–water partition coefficient (Wildman–Crippen LogP) is 3.22. The lowest BCUT2D eigenvalue weighted by Gasteiger charge is -2.43. The average Bonchev–Trinajstić information content (AvgIpc) is 2.38. The Balaban J connectivity index is 2.46. The van der Waals surface area contributed by atoms with E-state index in [4.69, 9.17) is 22.1 Å². The van der Waals surface area contributed by atoms with Crippen molar-refractivity contribution in [2.75, 3.05) is 13.7 Å². The predicted molar refractivity (Wildman–Crippen MR) is 79.8 cm³/mol. The molecule has 1 aliphatic heterocycles. The summed E-state index contributed by atoms with van der Waals surface area (Å²) in [5.41, 5.74) is 7.41. The molecule has 1 saturated heterocycles. The molecule has 1 aromatic carbocycles. The normalized spacial score (nSPS) is 24.7. The van der Waals surface area contributed by atoms with Gasteiger partial charge < -0.3 is 10.5 Å². The van der Waals surface area contributed by atoms with Gasteiger partial charge in [-0.3, -0.25) is 4.90 Å². The zero-order valence-electron chi connectivity index (χ0n) is 11.9. The minimum Gasteiger partial charge on any atom is -0.496 e. The summed E-state index contributed by atoms with van der Waals surface area (Å²) in [6, 6.07) is 6.47. The van der Waals surface area contributed by atoms with Gasteiger partial charge in [-0.05, 0) is 45.4 Å². The third-order valence-electron chi connectivity index (χ3n) is 3.91. The second-order valence-electron chi connectivity index (χ2n) is 5.44. The van der Waals surface area contributed by atoms with E-state index in [2.05, 4.69) is 18.7 Å². The number of nitrogens with two attached hydrogens (primary N) is 1. The van der Waals surface area contributed by atoms with E-state index >= 15 is 0 Å². The molecule has 0 bridgehead atoms. The lowest BCUT2D eigenvalue weighted by Crippen LogP contribution is -2.48. The first kappa shape index (κ1) is 14.6. The highest BCUT2D eigenvalue weighted by Gasteiger charge is 2.34. The first-order valence-corrected chi connectivity index (χ1v) is 7.27. The van der Waals surface area contributed by atoms with Crippen molar-refractivity contribution in [2.45, 2.75) is 44.8 Å². The van der Waals surface area contributed by atoms with Crippen LogP contribution in [0.3, 0.4) is 0 Å². The minimum absolute atomic E-state index is 0.102. The molecule has 4 heteroatoms. The fraction of sp³-hybridized carbons (Fsp3) is 0.600. The zero-order chi connectivity index (χ0) is 14.0. The first-order valence-electron chi connectivity index (χ1n) is 6.90. The monoisotopic (exact) mass is 282 g/mol. The molecule has 0 saturated carbocycles. The number of hydrogen-bond donors (Lipinski definition) is 1. The highest BCUT2D eigenvalue weighted by molar-refractivity contribution is 6.31. The summed E-state index contributed by atoms with van der Waals surface area (Å²) >= 11 is 6.41. The van der Waals surface area contributed by atoms with Crippen LogP contribution in [0.15, 0.2) is 18.2 Å². The van der Waals surface area contributed by atoms with Crippen LogP contribution in [0.2, 0.25) is 5.02 Å². The van der Waals surface area contributed by atoms with Crippen molar-refractivity contribution in [1.82, 2.24) is 4.90 Å². The van der Waals surface area contributed by atoms with Crippen molar-refractivity contribution in [2.24, 2.45) is 5.73 Å². The zero-order valence-corrected chi connectivity index (χ0v) is 12.7. The fourth-order valence-electron chi connectivity index (χ4n) is 2.99. The van der Waals surface area contributed by atoms with Crippen molar-refractivity contribution in [1.29, 1.82) is 0 Å². The van der Waals surface area contributed by atoms with Gasteiger partial charge >= 0.3 is 0 Å². The Bertz CT molecular complexity index is 436. The SMILES string of the molecule is COc1cccc(Cl)c1C1C(N)CCCN1C(C)C. The van der Waals surface area contributed by atoms with Gasteiger partial charge in [0.2, 0.25) is 0 Å². The number of benzene rings is 1. The number of piperidine rings is 1. The molecule has 1 fully saturated rings. The van der Waals surface area contributed by atoms with Crippen LogP contribution in [0.25, 0.3) is 0 Å². The van der Waals surface area contributed by atoms with Gasteiger partial charge in [-0.25, -0.2) is 0 Å². The smallest absolute Gasteiger partial charge is 0.125 e. The van der Waals surface area contributed by atoms with Gasteiger partial charge in [-0.1, -0.05) is 17.7 Å². The number of nitrogens with zero attached hydrogens (tertiary/aromatic N) is 1. The van der Waals surface area contributed by atoms with E-state index in [1.165, 1.54) is 0 Å². The molecule has 2 rings (SSSR count). The maximum absolute atomic E-state index is 6.41. The van der Waals surface area contributed by atoms with Crippen LogP contribution in [0.1, 0.15) is 38.3 Å². The molecule has 2 N–H and O–H groups in total. The van der Waals surface area contributed by atoms with E-state index in [0.29, 0.717) is 6.04 Å². The van der Waals surface area contributed by atoms with Gasteiger partial charge in [0, 0.05) is 22.7 Å². The number of likely N-dealkylation sites (tertiary alicyclic amines) is 1. The van der Waals surface area contributed by atoms with Crippen molar-refractivity contribution in [3.05, 3.63) is 28.8 Å². The molecular weight excluding hydrogens is 260 g/mol. The van der Waals surface area contributed by atoms with Crippen molar-refractivity contribution < 1.29 is 4.74 Å². The molecule has 2 unspecified atom stereocenters. The molecule has 19 heavy (non-hydrogen) atoms. The summed E-state index contributed by atoms with van der Waals surface area (Å²) in [5, 5.41) is 0.743. The van der Waals surface area contributed by atoms with E-state index in [1.54, 1.807) is 7.11 Å². The summed E-state index contributed by atoms with van der Waals surface area (Å²) in [7, 11) is 1.68. The lowest BCUT2D eigenvalue weighted by atomic mass is 9.89. The molecule has 1 heterocycles. The largest absolute Gasteiger partial charge is 0.496 e. The summed E-state index contributed by atoms with van der Waals surface area (Å²) in [4.78, 5) is 2.43. The molecule has 1 aromatic rings. The van der Waals surface area contributed by atoms with Gasteiger partial charge in [0.25, 0.3) is 0 Å². The maximum Gasteiger partial charge on any atom is 0.125 e. The number of ether oxygens (including phenoxy) is 1. The Morgan fingerprint density at radius 1 is 1.42 bits per heavy atom. The Kier molecular flexibility index (Phi) is 4.71. The van der Waals surface area contributed by atoms with Gasteiger partial charge in [0.15, 0.2) is 0 Å². The van der Waals surface area contributed by atoms with Crippen LogP contribution in [0, 0.1) is 0 Å². The third kappa shape index (κ3) is 2.88. The molecule has 0 aromatic heterocycles. The second kappa shape index (κ2) is 6.12. The Morgan fingerprint density at radius 3 is 2.79 bits per heavy atom. The molecule has 1 aliphatic rings. The van der Waals surface area contributed by atoms with E-state index in [-0.39, 0.29) is 12.1 Å². The fourth-order valence-corrected chi connectivity index (χ4v) is 3.27. The van der Waals surface area contributed by atoms with E-state index in [0.717, 1.165) is 35.7 Å². The second-order valence-corrected chi connectivity index (χ2v) is 5.85. The summed E-state index contributed by atoms with van der Waals surface area (Å²) in [5.74, 6) is 0.834. The quantitative estimate of drug-likeness (QED) is 0.925. The maximum atomic E-state index is 6.41. The summed E-state index contributed by atoms with van der Waals surface area (Å²) < 4.78 is 5.49. The van der Waals surface area contributed by atoms with Crippen LogP contribution in [-0.4, -0.2) is 30.6 Å². The van der Waals surface area contributed by atoms with Gasteiger partial charge in [0.05, 0.1) is 13.2 Å². The van der Waals surface area contributed by atoms with E-state index in [9.17, 15) is 0 Å². The molecule has 0 spiro atoms. The number of rotatable bonds is 3. The number of hydrogen-bond acceptors (Lipinski definition) is 3. The molecular formula is C15H23ClN2O. The van der Waals surface area contributed by atoms with Crippen molar-refractivity contribution in [3.8, 4) is 5.75 Å². The minimum atomic E-state index is 0.102. The summed E-state index contributed by atoms with van der Waals surface area (Å²) in [6.45, 7) is 5.47. The standard InChI is InChI=1S/C15H23ClN2O/c1-10(2)18-9-5-7-12(17)15(18)14-11(16)6-4-8-13(14)19-3/h4,6,8,10,12,15H,5,7,9,17H2,1-3H3. The number of methoxy groups -OCH3 is 1. The third-order valence-corrected chi connectivity index (χ3v) is 4.24. The van der Waals surface area contributed by atoms with Gasteiger partial charge in [0.1, 0.15) is 5.75 Å². The average molecular weight is 283 g/mol. The Labute approximate surface area is 120 Å². The molecule has 0 radical (unpaired) electrons. The van der Waals surface area contributed by atoms with Crippen molar-refractivity contribution in [3.63, 3.8) is 0 Å². The van der Waals surface area contributed by atoms with E-state index < -0.39 is 0 Å².